The van der Waals surface area contributed by atoms with Crippen molar-refractivity contribution in [2.45, 2.75) is 6.54 Å². The molecule has 0 saturated heterocycles. The lowest BCUT2D eigenvalue weighted by Crippen LogP contribution is -2.21. The minimum absolute atomic E-state index is 0.649. The molecule has 0 radical (unpaired) electrons. The Morgan fingerprint density at radius 1 is 1.00 bits per heavy atom. The van der Waals surface area contributed by atoms with E-state index in [0.717, 1.165) is 15.7 Å². The van der Waals surface area contributed by atoms with Gasteiger partial charge in [0.25, 0.3) is 0 Å². The molecule has 0 amide bonds. The lowest BCUT2D eigenvalue weighted by molar-refractivity contribution is 0.354. The van der Waals surface area contributed by atoms with E-state index in [9.17, 15) is 0 Å². The quantitative estimate of drug-likeness (QED) is 0.791. The third kappa shape index (κ3) is 3.65. The molecule has 0 aliphatic carbocycles. The maximum Gasteiger partial charge on any atom is 0.161 e. The van der Waals surface area contributed by atoms with Crippen molar-refractivity contribution in [1.82, 2.24) is 5.43 Å². The van der Waals surface area contributed by atoms with Crippen LogP contribution in [0.1, 0.15) is 5.56 Å². The first-order chi connectivity index (χ1) is 9.74. The number of para-hydroxylation sites is 1. The number of methoxy groups -OCH3 is 2. The van der Waals surface area contributed by atoms with Gasteiger partial charge in [0.15, 0.2) is 11.5 Å². The average molecular weight is 337 g/mol. The number of hydrogen-bond donors (Lipinski definition) is 2. The zero-order chi connectivity index (χ0) is 14.4. The summed E-state index contributed by atoms with van der Waals surface area (Å²) in [6, 6.07) is 13.8. The summed E-state index contributed by atoms with van der Waals surface area (Å²) >= 11 is 3.53. The van der Waals surface area contributed by atoms with Gasteiger partial charge in [-0.1, -0.05) is 34.1 Å². The molecule has 0 aromatic heterocycles. The molecule has 2 aromatic rings. The van der Waals surface area contributed by atoms with Crippen molar-refractivity contribution in [2.24, 2.45) is 0 Å². The molecular formula is C15H17BrN2O2. The van der Waals surface area contributed by atoms with Crippen molar-refractivity contribution in [3.63, 3.8) is 0 Å². The van der Waals surface area contributed by atoms with Gasteiger partial charge in [0.1, 0.15) is 0 Å². The van der Waals surface area contributed by atoms with Crippen LogP contribution in [-0.2, 0) is 6.54 Å². The number of hydrogen-bond acceptors (Lipinski definition) is 4. The number of ether oxygens (including phenoxy) is 2. The van der Waals surface area contributed by atoms with Crippen molar-refractivity contribution in [3.8, 4) is 11.5 Å². The van der Waals surface area contributed by atoms with E-state index in [2.05, 4.69) is 26.8 Å². The number of halogens is 1. The highest BCUT2D eigenvalue weighted by molar-refractivity contribution is 9.10. The minimum atomic E-state index is 0.649. The summed E-state index contributed by atoms with van der Waals surface area (Å²) in [5, 5.41) is 0. The Bertz CT molecular complexity index is 561. The van der Waals surface area contributed by atoms with Crippen LogP contribution in [0.15, 0.2) is 46.9 Å². The van der Waals surface area contributed by atoms with E-state index in [0.29, 0.717) is 18.0 Å². The number of nitrogens with one attached hydrogen (secondary N) is 2. The normalized spacial score (nSPS) is 10.2. The zero-order valence-electron chi connectivity index (χ0n) is 11.4. The van der Waals surface area contributed by atoms with E-state index in [1.165, 1.54) is 0 Å². The van der Waals surface area contributed by atoms with E-state index in [1.54, 1.807) is 14.2 Å². The summed E-state index contributed by atoms with van der Waals surface area (Å²) < 4.78 is 11.5. The molecule has 2 N–H and O–H groups in total. The fourth-order valence-corrected chi connectivity index (χ4v) is 2.26. The number of hydrazine groups is 1. The van der Waals surface area contributed by atoms with Crippen molar-refractivity contribution in [1.29, 1.82) is 0 Å². The molecule has 2 rings (SSSR count). The maximum absolute atomic E-state index is 5.30. The molecule has 20 heavy (non-hydrogen) atoms. The van der Waals surface area contributed by atoms with Gasteiger partial charge in [0.05, 0.1) is 14.2 Å². The summed E-state index contributed by atoms with van der Waals surface area (Å²) in [5.74, 6) is 1.42. The van der Waals surface area contributed by atoms with Gasteiger partial charge in [0.2, 0.25) is 0 Å². The molecule has 0 fully saturated rings. The molecule has 0 unspecified atom stereocenters. The molecule has 4 nitrogen and oxygen atoms in total. The molecule has 0 atom stereocenters. The second-order valence-corrected chi connectivity index (χ2v) is 5.00. The van der Waals surface area contributed by atoms with Crippen LogP contribution in [0.4, 0.5) is 5.69 Å². The summed E-state index contributed by atoms with van der Waals surface area (Å²) in [7, 11) is 3.25. The van der Waals surface area contributed by atoms with E-state index in [4.69, 9.17) is 9.47 Å². The largest absolute Gasteiger partial charge is 0.493 e. The Balaban J connectivity index is 2.02. The second kappa shape index (κ2) is 7.17. The van der Waals surface area contributed by atoms with Gasteiger partial charge in [-0.25, -0.2) is 5.43 Å². The third-order valence-corrected chi connectivity index (χ3v) is 3.58. The van der Waals surface area contributed by atoms with E-state index in [-0.39, 0.29) is 0 Å². The Hall–Kier alpha value is -1.72. The summed E-state index contributed by atoms with van der Waals surface area (Å²) in [4.78, 5) is 0. The monoisotopic (exact) mass is 336 g/mol. The highest BCUT2D eigenvalue weighted by Crippen LogP contribution is 2.33. The predicted molar refractivity (Wildman–Crippen MR) is 84.2 cm³/mol. The van der Waals surface area contributed by atoms with Gasteiger partial charge in [0, 0.05) is 16.7 Å². The predicted octanol–water partition coefficient (Wildman–Crippen LogP) is 3.58. The topological polar surface area (TPSA) is 42.5 Å². The van der Waals surface area contributed by atoms with E-state index < -0.39 is 0 Å². The van der Waals surface area contributed by atoms with Crippen LogP contribution < -0.4 is 20.3 Å². The van der Waals surface area contributed by atoms with Crippen LogP contribution in [0, 0.1) is 0 Å². The molecule has 0 spiro atoms. The maximum atomic E-state index is 5.30. The molecular weight excluding hydrogens is 320 g/mol. The smallest absolute Gasteiger partial charge is 0.161 e. The van der Waals surface area contributed by atoms with Gasteiger partial charge in [-0.3, -0.25) is 0 Å². The molecule has 0 bridgehead atoms. The van der Waals surface area contributed by atoms with E-state index in [1.807, 2.05) is 42.5 Å². The van der Waals surface area contributed by atoms with Crippen LogP contribution in [0.25, 0.3) is 0 Å². The van der Waals surface area contributed by atoms with Crippen molar-refractivity contribution in [3.05, 3.63) is 52.5 Å². The van der Waals surface area contributed by atoms with Crippen LogP contribution in [0.3, 0.4) is 0 Å². The molecule has 0 aliphatic rings. The SMILES string of the molecule is COc1cc(Br)c(CNNc2ccccc2)cc1OC. The van der Waals surface area contributed by atoms with Gasteiger partial charge >= 0.3 is 0 Å². The number of rotatable bonds is 6. The molecule has 2 aromatic carbocycles. The standard InChI is InChI=1S/C15H17BrN2O2/c1-19-14-8-11(13(16)9-15(14)20-2)10-17-18-12-6-4-3-5-7-12/h3-9,17-18H,10H2,1-2H3. The summed E-state index contributed by atoms with van der Waals surface area (Å²) in [5.41, 5.74) is 8.41. The number of benzene rings is 2. The zero-order valence-corrected chi connectivity index (χ0v) is 13.0. The van der Waals surface area contributed by atoms with Crippen LogP contribution in [-0.4, -0.2) is 14.2 Å². The van der Waals surface area contributed by atoms with E-state index >= 15 is 0 Å². The Morgan fingerprint density at radius 2 is 1.65 bits per heavy atom. The molecule has 0 saturated carbocycles. The Labute approximate surface area is 127 Å². The van der Waals surface area contributed by atoms with Gasteiger partial charge in [-0.15, -0.1) is 0 Å². The van der Waals surface area contributed by atoms with Crippen molar-refractivity contribution >= 4 is 21.6 Å². The Kier molecular flexibility index (Phi) is 5.26. The van der Waals surface area contributed by atoms with Crippen molar-refractivity contribution in [2.75, 3.05) is 19.6 Å². The van der Waals surface area contributed by atoms with Crippen LogP contribution in [0.5, 0.6) is 11.5 Å². The minimum Gasteiger partial charge on any atom is -0.493 e. The van der Waals surface area contributed by atoms with Gasteiger partial charge in [-0.05, 0) is 29.8 Å². The molecule has 5 heteroatoms. The van der Waals surface area contributed by atoms with Crippen LogP contribution in [0.2, 0.25) is 0 Å². The van der Waals surface area contributed by atoms with Crippen LogP contribution >= 0.6 is 15.9 Å². The second-order valence-electron chi connectivity index (χ2n) is 4.14. The highest BCUT2D eigenvalue weighted by Gasteiger charge is 2.09. The average Bonchev–Trinajstić information content (AvgIpc) is 2.49. The lowest BCUT2D eigenvalue weighted by Gasteiger charge is -2.13. The van der Waals surface area contributed by atoms with Gasteiger partial charge < -0.3 is 14.9 Å². The third-order valence-electron chi connectivity index (χ3n) is 2.84. The lowest BCUT2D eigenvalue weighted by atomic mass is 10.2. The fourth-order valence-electron chi connectivity index (χ4n) is 1.79. The molecule has 0 aliphatic heterocycles. The summed E-state index contributed by atoms with van der Waals surface area (Å²) in [6.45, 7) is 0.649. The molecule has 0 heterocycles. The summed E-state index contributed by atoms with van der Waals surface area (Å²) in [6.07, 6.45) is 0. The van der Waals surface area contributed by atoms with Crippen molar-refractivity contribution < 1.29 is 9.47 Å². The first-order valence-corrected chi connectivity index (χ1v) is 6.98. The first-order valence-electron chi connectivity index (χ1n) is 6.19. The highest BCUT2D eigenvalue weighted by atomic mass is 79.9. The number of anilines is 1. The fraction of sp³-hybridized carbons (Fsp3) is 0.200. The molecule has 106 valence electrons. The Morgan fingerprint density at radius 3 is 2.30 bits per heavy atom. The van der Waals surface area contributed by atoms with Gasteiger partial charge in [-0.2, -0.15) is 0 Å². The first kappa shape index (κ1) is 14.7.